The Morgan fingerprint density at radius 2 is 2.25 bits per heavy atom. The lowest BCUT2D eigenvalue weighted by Gasteiger charge is -2.35. The lowest BCUT2D eigenvalue weighted by Crippen LogP contribution is -2.46. The van der Waals surface area contributed by atoms with E-state index in [2.05, 4.69) is 16.5 Å². The minimum absolute atomic E-state index is 0.120. The Labute approximate surface area is 142 Å². The number of para-hydroxylation sites is 1. The van der Waals surface area contributed by atoms with Gasteiger partial charge in [0.05, 0.1) is 6.04 Å². The van der Waals surface area contributed by atoms with Crippen LogP contribution in [0.4, 0.5) is 0 Å². The number of benzene rings is 1. The number of imidazole rings is 1. The number of fused-ring (bicyclic) bond motifs is 1. The lowest BCUT2D eigenvalue weighted by molar-refractivity contribution is -0.139. The number of piperidine rings is 1. The molecule has 0 spiro atoms. The first-order valence-electron chi connectivity index (χ1n) is 8.81. The van der Waals surface area contributed by atoms with Crippen molar-refractivity contribution in [2.75, 3.05) is 13.1 Å². The number of carbonyl (C=O) groups excluding carboxylic acids is 1. The summed E-state index contributed by atoms with van der Waals surface area (Å²) < 4.78 is 8.12. The van der Waals surface area contributed by atoms with Gasteiger partial charge in [-0.25, -0.2) is 4.98 Å². The molecule has 3 heterocycles. The summed E-state index contributed by atoms with van der Waals surface area (Å²) in [5.74, 6) is 2.07. The van der Waals surface area contributed by atoms with Gasteiger partial charge >= 0.3 is 0 Å². The zero-order chi connectivity index (χ0) is 16.5. The summed E-state index contributed by atoms with van der Waals surface area (Å²) in [7, 11) is 0. The van der Waals surface area contributed by atoms with Gasteiger partial charge < -0.3 is 14.2 Å². The zero-order valence-electron chi connectivity index (χ0n) is 14.0. The average molecular weight is 325 g/mol. The third-order valence-electron chi connectivity index (χ3n) is 5.09. The van der Waals surface area contributed by atoms with Crippen molar-refractivity contribution < 1.29 is 9.53 Å². The summed E-state index contributed by atoms with van der Waals surface area (Å²) >= 11 is 0. The van der Waals surface area contributed by atoms with Gasteiger partial charge in [0.1, 0.15) is 11.6 Å². The van der Waals surface area contributed by atoms with Gasteiger partial charge in [-0.05, 0) is 24.5 Å². The summed E-state index contributed by atoms with van der Waals surface area (Å²) in [5, 5.41) is 0. The molecule has 0 aliphatic carbocycles. The van der Waals surface area contributed by atoms with Crippen LogP contribution in [0.15, 0.2) is 36.7 Å². The van der Waals surface area contributed by atoms with Gasteiger partial charge in [-0.1, -0.05) is 25.1 Å². The molecular weight excluding hydrogens is 302 g/mol. The van der Waals surface area contributed by atoms with E-state index in [0.29, 0.717) is 12.5 Å². The highest BCUT2D eigenvalue weighted by Gasteiger charge is 2.34. The van der Waals surface area contributed by atoms with Crippen LogP contribution in [0, 0.1) is 0 Å². The molecule has 2 aliphatic heterocycles. The second-order valence-corrected chi connectivity index (χ2v) is 6.60. The van der Waals surface area contributed by atoms with E-state index in [-0.39, 0.29) is 12.0 Å². The molecule has 2 aromatic rings. The molecule has 0 radical (unpaired) electrons. The number of likely N-dealkylation sites (tertiary alicyclic amines) is 1. The molecule has 2 atom stereocenters. The van der Waals surface area contributed by atoms with Crippen LogP contribution in [-0.4, -0.2) is 39.6 Å². The highest BCUT2D eigenvalue weighted by Crippen LogP contribution is 2.30. The molecule has 5 heteroatoms. The summed E-state index contributed by atoms with van der Waals surface area (Å²) in [6.45, 7) is 3.69. The summed E-state index contributed by atoms with van der Waals surface area (Å²) in [5.41, 5.74) is 1.13. The molecular formula is C19H23N3O2. The van der Waals surface area contributed by atoms with Crippen molar-refractivity contribution in [3.05, 3.63) is 48.0 Å². The quantitative estimate of drug-likeness (QED) is 0.871. The molecule has 1 aromatic carbocycles. The van der Waals surface area contributed by atoms with Crippen molar-refractivity contribution in [3.63, 3.8) is 0 Å². The molecule has 4 rings (SSSR count). The Morgan fingerprint density at radius 3 is 3.08 bits per heavy atom. The molecule has 0 N–H and O–H groups in total. The molecule has 1 saturated heterocycles. The predicted octanol–water partition coefficient (Wildman–Crippen LogP) is 2.61. The van der Waals surface area contributed by atoms with Crippen molar-refractivity contribution in [2.45, 2.75) is 44.8 Å². The van der Waals surface area contributed by atoms with Crippen molar-refractivity contribution >= 4 is 5.91 Å². The van der Waals surface area contributed by atoms with E-state index < -0.39 is 0 Å². The third-order valence-corrected chi connectivity index (χ3v) is 5.09. The Hall–Kier alpha value is -2.30. The Balaban J connectivity index is 1.46. The predicted molar refractivity (Wildman–Crippen MR) is 91.0 cm³/mol. The van der Waals surface area contributed by atoms with Gasteiger partial charge in [-0.2, -0.15) is 0 Å². The number of rotatable bonds is 3. The first-order chi connectivity index (χ1) is 11.8. The minimum Gasteiger partial charge on any atom is -0.480 e. The lowest BCUT2D eigenvalue weighted by atomic mass is 10.0. The highest BCUT2D eigenvalue weighted by atomic mass is 16.5. The SMILES string of the molecule is CCc1nccn1[C@@H]1CCCN(C(=O)[C@H]2Cc3ccccc3O2)C1. The maximum Gasteiger partial charge on any atom is 0.264 e. The topological polar surface area (TPSA) is 47.4 Å². The Morgan fingerprint density at radius 1 is 1.38 bits per heavy atom. The highest BCUT2D eigenvalue weighted by molar-refractivity contribution is 5.82. The van der Waals surface area contributed by atoms with E-state index in [1.165, 1.54) is 0 Å². The molecule has 0 saturated carbocycles. The normalized spacial score (nSPS) is 23.0. The van der Waals surface area contributed by atoms with Crippen LogP contribution in [0.3, 0.4) is 0 Å². The van der Waals surface area contributed by atoms with E-state index >= 15 is 0 Å². The smallest absolute Gasteiger partial charge is 0.264 e. The van der Waals surface area contributed by atoms with Gasteiger partial charge in [0, 0.05) is 38.3 Å². The molecule has 0 unspecified atom stereocenters. The Bertz CT molecular complexity index is 715. The molecule has 1 fully saturated rings. The van der Waals surface area contributed by atoms with Gasteiger partial charge in [-0.15, -0.1) is 0 Å². The maximum atomic E-state index is 12.9. The van der Waals surface area contributed by atoms with Gasteiger partial charge in [0.2, 0.25) is 0 Å². The Kier molecular flexibility index (Phi) is 4.00. The molecule has 2 aliphatic rings. The summed E-state index contributed by atoms with van der Waals surface area (Å²) in [6, 6.07) is 8.26. The number of aryl methyl sites for hydroxylation is 1. The molecule has 24 heavy (non-hydrogen) atoms. The molecule has 0 bridgehead atoms. The van der Waals surface area contributed by atoms with Crippen molar-refractivity contribution in [3.8, 4) is 5.75 Å². The molecule has 1 aromatic heterocycles. The molecule has 5 nitrogen and oxygen atoms in total. The van der Waals surface area contributed by atoms with Crippen molar-refractivity contribution in [2.24, 2.45) is 0 Å². The molecule has 126 valence electrons. The van der Waals surface area contributed by atoms with Crippen LogP contribution in [0.1, 0.15) is 37.2 Å². The minimum atomic E-state index is -0.366. The van der Waals surface area contributed by atoms with Crippen LogP contribution < -0.4 is 4.74 Å². The third kappa shape index (κ3) is 2.68. The van der Waals surface area contributed by atoms with Crippen LogP contribution in [0.2, 0.25) is 0 Å². The standard InChI is InChI=1S/C19H23N3O2/c1-2-18-20-9-11-22(18)15-7-5-10-21(13-15)19(23)17-12-14-6-3-4-8-16(14)24-17/h3-4,6,8-9,11,15,17H,2,5,7,10,12-13H2,1H3/t15-,17-/m1/s1. The number of aromatic nitrogens is 2. The van der Waals surface area contributed by atoms with E-state index in [1.54, 1.807) is 0 Å². The fraction of sp³-hybridized carbons (Fsp3) is 0.474. The number of hydrogen-bond acceptors (Lipinski definition) is 3. The fourth-order valence-electron chi connectivity index (χ4n) is 3.86. The van der Waals surface area contributed by atoms with Crippen LogP contribution in [0.25, 0.3) is 0 Å². The number of hydrogen-bond donors (Lipinski definition) is 0. The summed E-state index contributed by atoms with van der Waals surface area (Å²) in [4.78, 5) is 19.3. The maximum absolute atomic E-state index is 12.9. The van der Waals surface area contributed by atoms with E-state index in [4.69, 9.17) is 4.74 Å². The number of nitrogens with zero attached hydrogens (tertiary/aromatic N) is 3. The van der Waals surface area contributed by atoms with Crippen LogP contribution in [0.5, 0.6) is 5.75 Å². The van der Waals surface area contributed by atoms with Gasteiger partial charge in [-0.3, -0.25) is 4.79 Å². The van der Waals surface area contributed by atoms with Crippen LogP contribution >= 0.6 is 0 Å². The second-order valence-electron chi connectivity index (χ2n) is 6.60. The van der Waals surface area contributed by atoms with E-state index in [1.807, 2.05) is 41.6 Å². The van der Waals surface area contributed by atoms with Gasteiger partial charge in [0.15, 0.2) is 6.10 Å². The van der Waals surface area contributed by atoms with Crippen molar-refractivity contribution in [1.29, 1.82) is 0 Å². The van der Waals surface area contributed by atoms with E-state index in [9.17, 15) is 4.79 Å². The van der Waals surface area contributed by atoms with Gasteiger partial charge in [0.25, 0.3) is 5.91 Å². The fourth-order valence-corrected chi connectivity index (χ4v) is 3.86. The molecule has 1 amide bonds. The average Bonchev–Trinajstić information content (AvgIpc) is 3.27. The number of ether oxygens (including phenoxy) is 1. The van der Waals surface area contributed by atoms with Crippen LogP contribution in [-0.2, 0) is 17.6 Å². The first-order valence-corrected chi connectivity index (χ1v) is 8.81. The second kappa shape index (κ2) is 6.30. The zero-order valence-corrected chi connectivity index (χ0v) is 14.0. The number of amides is 1. The number of carbonyl (C=O) groups is 1. The monoisotopic (exact) mass is 325 g/mol. The van der Waals surface area contributed by atoms with Crippen molar-refractivity contribution in [1.82, 2.24) is 14.5 Å². The largest absolute Gasteiger partial charge is 0.480 e. The summed E-state index contributed by atoms with van der Waals surface area (Å²) in [6.07, 6.45) is 7.25. The first kappa shape index (κ1) is 15.2. The van der Waals surface area contributed by atoms with E-state index in [0.717, 1.165) is 49.5 Å².